The third-order valence-corrected chi connectivity index (χ3v) is 6.57. The molecule has 5 rings (SSSR count). The number of nitro benzene ring substituents is 1. The van der Waals surface area contributed by atoms with Crippen LogP contribution in [0.1, 0.15) is 29.0 Å². The molecule has 3 aromatic rings. The normalized spacial score (nSPS) is 17.5. The molecule has 0 saturated heterocycles. The number of ether oxygens (including phenoxy) is 4. The van der Waals surface area contributed by atoms with Crippen LogP contribution in [0.4, 0.5) is 11.4 Å². The van der Waals surface area contributed by atoms with Crippen LogP contribution >= 0.6 is 0 Å². The zero-order valence-corrected chi connectivity index (χ0v) is 21.6. The van der Waals surface area contributed by atoms with Crippen LogP contribution in [0.3, 0.4) is 0 Å². The molecule has 2 heterocycles. The van der Waals surface area contributed by atoms with E-state index >= 15 is 0 Å². The number of fused-ring (bicyclic) bond motifs is 1. The van der Waals surface area contributed by atoms with Gasteiger partial charge in [-0.2, -0.15) is 0 Å². The van der Waals surface area contributed by atoms with E-state index in [1.807, 2.05) is 42.5 Å². The van der Waals surface area contributed by atoms with E-state index in [1.165, 1.54) is 12.1 Å². The molecule has 3 aromatic carbocycles. The van der Waals surface area contributed by atoms with Crippen molar-refractivity contribution in [2.75, 3.05) is 25.2 Å². The molecule has 0 aromatic heterocycles. The van der Waals surface area contributed by atoms with Crippen molar-refractivity contribution in [2.45, 2.75) is 31.8 Å². The SMILES string of the molecule is O=C(NCCNc1ccc([N+](=O)[O-])cc1)C1=C[C@@H](c2ccc3c(c2)OCO3)C[C@@H](OCc2ccc(CO)cc2)O1. The van der Waals surface area contributed by atoms with Crippen molar-refractivity contribution >= 4 is 17.3 Å². The second kappa shape index (κ2) is 12.5. The number of hydrogen-bond donors (Lipinski definition) is 3. The molecule has 2 atom stereocenters. The number of carbonyl (C=O) groups excluding carboxylic acids is 1. The monoisotopic (exact) mass is 547 g/mol. The summed E-state index contributed by atoms with van der Waals surface area (Å²) in [5, 5.41) is 26.0. The lowest BCUT2D eigenvalue weighted by molar-refractivity contribution is -0.384. The molecule has 0 bridgehead atoms. The van der Waals surface area contributed by atoms with Gasteiger partial charge in [0.25, 0.3) is 11.6 Å². The van der Waals surface area contributed by atoms with E-state index in [-0.39, 0.29) is 43.3 Å². The fraction of sp³-hybridized carbons (Fsp3) is 0.276. The first-order valence-electron chi connectivity index (χ1n) is 12.8. The van der Waals surface area contributed by atoms with E-state index in [1.54, 1.807) is 18.2 Å². The van der Waals surface area contributed by atoms with E-state index in [0.29, 0.717) is 36.7 Å². The molecule has 3 N–H and O–H groups in total. The summed E-state index contributed by atoms with van der Waals surface area (Å²) in [6.45, 7) is 1.12. The number of aliphatic hydroxyl groups is 1. The van der Waals surface area contributed by atoms with Crippen molar-refractivity contribution in [3.63, 3.8) is 0 Å². The summed E-state index contributed by atoms with van der Waals surface area (Å²) in [4.78, 5) is 23.4. The van der Waals surface area contributed by atoms with Gasteiger partial charge >= 0.3 is 0 Å². The molecule has 208 valence electrons. The van der Waals surface area contributed by atoms with Crippen LogP contribution in [-0.4, -0.2) is 42.1 Å². The van der Waals surface area contributed by atoms with Crippen LogP contribution in [-0.2, 0) is 27.5 Å². The average molecular weight is 548 g/mol. The number of allylic oxidation sites excluding steroid dienone is 1. The lowest BCUT2D eigenvalue weighted by Crippen LogP contribution is -2.35. The molecule has 11 heteroatoms. The quantitative estimate of drug-likeness (QED) is 0.185. The predicted octanol–water partition coefficient (Wildman–Crippen LogP) is 3.97. The maximum Gasteiger partial charge on any atom is 0.286 e. The van der Waals surface area contributed by atoms with Gasteiger partial charge in [0.2, 0.25) is 13.1 Å². The maximum absolute atomic E-state index is 13.1. The Labute approximate surface area is 230 Å². The number of benzene rings is 3. The van der Waals surface area contributed by atoms with Crippen LogP contribution in [0.15, 0.2) is 78.6 Å². The second-order valence-corrected chi connectivity index (χ2v) is 9.31. The molecule has 0 saturated carbocycles. The average Bonchev–Trinajstić information content (AvgIpc) is 3.46. The van der Waals surface area contributed by atoms with E-state index in [2.05, 4.69) is 10.6 Å². The zero-order chi connectivity index (χ0) is 27.9. The first-order valence-corrected chi connectivity index (χ1v) is 12.8. The Kier molecular flexibility index (Phi) is 8.43. The van der Waals surface area contributed by atoms with Crippen LogP contribution in [0.5, 0.6) is 11.5 Å². The maximum atomic E-state index is 13.1. The minimum absolute atomic E-state index is 0.0104. The Bertz CT molecular complexity index is 1380. The fourth-order valence-electron chi connectivity index (χ4n) is 4.40. The van der Waals surface area contributed by atoms with E-state index in [0.717, 1.165) is 16.7 Å². The fourth-order valence-corrected chi connectivity index (χ4v) is 4.40. The Morgan fingerprint density at radius 2 is 1.75 bits per heavy atom. The molecular formula is C29H29N3O8. The largest absolute Gasteiger partial charge is 0.459 e. The molecule has 0 fully saturated rings. The highest BCUT2D eigenvalue weighted by Crippen LogP contribution is 2.38. The Morgan fingerprint density at radius 3 is 2.50 bits per heavy atom. The van der Waals surface area contributed by atoms with Crippen molar-refractivity contribution in [3.8, 4) is 11.5 Å². The summed E-state index contributed by atoms with van der Waals surface area (Å²) in [7, 11) is 0. The predicted molar refractivity (Wildman–Crippen MR) is 145 cm³/mol. The van der Waals surface area contributed by atoms with Gasteiger partial charge in [-0.3, -0.25) is 14.9 Å². The standard InChI is InChI=1S/C29H29N3O8/c33-16-19-1-3-20(4-2-19)17-37-28-15-22(21-5-10-25-26(13-21)39-18-38-25)14-27(40-28)29(34)31-12-11-30-23-6-8-24(9-7-23)32(35)36/h1-10,13-14,22,28,30,33H,11-12,15-18H2,(H,31,34)/t22-,28+/m1/s1. The van der Waals surface area contributed by atoms with Gasteiger partial charge in [0.05, 0.1) is 18.1 Å². The summed E-state index contributed by atoms with van der Waals surface area (Å²) in [6, 6.07) is 19.2. The Morgan fingerprint density at radius 1 is 1.00 bits per heavy atom. The summed E-state index contributed by atoms with van der Waals surface area (Å²) < 4.78 is 23.0. The molecular weight excluding hydrogens is 518 g/mol. The van der Waals surface area contributed by atoms with Crippen molar-refractivity contribution in [1.29, 1.82) is 0 Å². The van der Waals surface area contributed by atoms with Crippen LogP contribution < -0.4 is 20.1 Å². The summed E-state index contributed by atoms with van der Waals surface area (Å²) in [5.41, 5.74) is 3.38. The molecule has 0 aliphatic carbocycles. The summed E-state index contributed by atoms with van der Waals surface area (Å²) >= 11 is 0. The highest BCUT2D eigenvalue weighted by atomic mass is 16.7. The minimum atomic E-state index is -0.670. The van der Waals surface area contributed by atoms with Gasteiger partial charge in [-0.05, 0) is 47.0 Å². The molecule has 40 heavy (non-hydrogen) atoms. The lowest BCUT2D eigenvalue weighted by Gasteiger charge is -2.29. The molecule has 2 aliphatic heterocycles. The van der Waals surface area contributed by atoms with Gasteiger partial charge in [-0.1, -0.05) is 30.3 Å². The van der Waals surface area contributed by atoms with Crippen LogP contribution in [0, 0.1) is 10.1 Å². The van der Waals surface area contributed by atoms with Gasteiger partial charge in [0, 0.05) is 43.2 Å². The van der Waals surface area contributed by atoms with E-state index in [4.69, 9.17) is 18.9 Å². The molecule has 2 aliphatic rings. The van der Waals surface area contributed by atoms with Crippen LogP contribution in [0.2, 0.25) is 0 Å². The number of nitrogens with zero attached hydrogens (tertiary/aromatic N) is 1. The number of nitro groups is 1. The van der Waals surface area contributed by atoms with Crippen LogP contribution in [0.25, 0.3) is 0 Å². The van der Waals surface area contributed by atoms with Crippen molar-refractivity contribution in [2.24, 2.45) is 0 Å². The minimum Gasteiger partial charge on any atom is -0.459 e. The number of anilines is 1. The van der Waals surface area contributed by atoms with Gasteiger partial charge in [0.15, 0.2) is 17.3 Å². The highest BCUT2D eigenvalue weighted by molar-refractivity contribution is 5.91. The number of amides is 1. The zero-order valence-electron chi connectivity index (χ0n) is 21.6. The number of nitrogens with one attached hydrogen (secondary N) is 2. The lowest BCUT2D eigenvalue weighted by atomic mass is 9.92. The second-order valence-electron chi connectivity index (χ2n) is 9.31. The van der Waals surface area contributed by atoms with Crippen molar-refractivity contribution in [1.82, 2.24) is 5.32 Å². The first kappa shape index (κ1) is 27.0. The van der Waals surface area contributed by atoms with Gasteiger partial charge < -0.3 is 34.7 Å². The molecule has 1 amide bonds. The topological polar surface area (TPSA) is 141 Å². The third kappa shape index (κ3) is 6.68. The highest BCUT2D eigenvalue weighted by Gasteiger charge is 2.30. The van der Waals surface area contributed by atoms with Gasteiger partial charge in [0.1, 0.15) is 0 Å². The van der Waals surface area contributed by atoms with E-state index in [9.17, 15) is 20.0 Å². The number of hydrogen-bond acceptors (Lipinski definition) is 9. The van der Waals surface area contributed by atoms with Gasteiger partial charge in [-0.15, -0.1) is 0 Å². The summed E-state index contributed by atoms with van der Waals surface area (Å²) in [6.07, 6.45) is 1.61. The third-order valence-electron chi connectivity index (χ3n) is 6.57. The summed E-state index contributed by atoms with van der Waals surface area (Å²) in [5.74, 6) is 0.949. The van der Waals surface area contributed by atoms with Gasteiger partial charge in [-0.25, -0.2) is 0 Å². The van der Waals surface area contributed by atoms with Crippen molar-refractivity contribution in [3.05, 3.63) is 105 Å². The number of carbonyl (C=O) groups is 1. The molecule has 0 radical (unpaired) electrons. The molecule has 0 spiro atoms. The van der Waals surface area contributed by atoms with Crippen molar-refractivity contribution < 1.29 is 33.8 Å². The molecule has 11 nitrogen and oxygen atoms in total. The Balaban J connectivity index is 1.22. The molecule has 0 unspecified atom stereocenters. The first-order chi connectivity index (χ1) is 19.5. The van der Waals surface area contributed by atoms with E-state index < -0.39 is 11.2 Å². The Hall–Kier alpha value is -4.61. The number of aliphatic hydroxyl groups excluding tert-OH is 1. The number of rotatable bonds is 11. The number of non-ortho nitro benzene ring substituents is 1. The smallest absolute Gasteiger partial charge is 0.286 e.